The molecule has 0 aromatic carbocycles. The molecule has 0 radical (unpaired) electrons. The zero-order valence-corrected chi connectivity index (χ0v) is 5.80. The third-order valence-electron chi connectivity index (χ3n) is 0.818. The summed E-state index contributed by atoms with van der Waals surface area (Å²) < 4.78 is 37.9. The molecular formula is C5H6F3NO3. The summed E-state index contributed by atoms with van der Waals surface area (Å²) in [4.78, 5) is 19.7. The highest BCUT2D eigenvalue weighted by Crippen LogP contribution is 2.16. The summed E-state index contributed by atoms with van der Waals surface area (Å²) >= 11 is 0. The van der Waals surface area contributed by atoms with E-state index in [0.717, 1.165) is 0 Å². The molecule has 2 N–H and O–H groups in total. The summed E-state index contributed by atoms with van der Waals surface area (Å²) in [5.41, 5.74) is 4.81. The number of halogens is 3. The van der Waals surface area contributed by atoms with Crippen LogP contribution in [0.2, 0.25) is 0 Å². The standard InChI is InChI=1S/C5H6F3NO3/c6-5(7,8)4(11)12-3(9)1-2-10/h2-3H,1,9H2. The molecule has 0 heterocycles. The van der Waals surface area contributed by atoms with Crippen LogP contribution in [-0.2, 0) is 14.3 Å². The average molecular weight is 185 g/mol. The molecular weight excluding hydrogens is 179 g/mol. The fourth-order valence-electron chi connectivity index (χ4n) is 0.347. The Morgan fingerprint density at radius 3 is 2.42 bits per heavy atom. The van der Waals surface area contributed by atoms with Gasteiger partial charge in [-0.3, -0.25) is 5.73 Å². The Morgan fingerprint density at radius 1 is 1.58 bits per heavy atom. The first-order valence-electron chi connectivity index (χ1n) is 2.85. The zero-order valence-electron chi connectivity index (χ0n) is 5.80. The van der Waals surface area contributed by atoms with Gasteiger partial charge in [0, 0.05) is 0 Å². The number of hydrogen-bond acceptors (Lipinski definition) is 4. The Morgan fingerprint density at radius 2 is 2.08 bits per heavy atom. The molecule has 1 unspecified atom stereocenters. The molecule has 0 aromatic rings. The molecule has 0 saturated carbocycles. The maximum Gasteiger partial charge on any atom is 0.490 e. The van der Waals surface area contributed by atoms with Crippen LogP contribution in [0.4, 0.5) is 13.2 Å². The van der Waals surface area contributed by atoms with Gasteiger partial charge in [0.1, 0.15) is 6.29 Å². The quantitative estimate of drug-likeness (QED) is 0.380. The number of nitrogens with two attached hydrogens (primary N) is 1. The second kappa shape index (κ2) is 4.05. The Kier molecular flexibility index (Phi) is 3.68. The molecule has 0 saturated heterocycles. The van der Waals surface area contributed by atoms with Gasteiger partial charge >= 0.3 is 12.1 Å². The lowest BCUT2D eigenvalue weighted by molar-refractivity contribution is -0.204. The maximum absolute atomic E-state index is 11.4. The van der Waals surface area contributed by atoms with E-state index >= 15 is 0 Å². The minimum atomic E-state index is -5.07. The van der Waals surface area contributed by atoms with E-state index in [1.807, 2.05) is 0 Å². The van der Waals surface area contributed by atoms with Gasteiger partial charge in [-0.25, -0.2) is 4.79 Å². The van der Waals surface area contributed by atoms with Crippen LogP contribution >= 0.6 is 0 Å². The molecule has 0 aliphatic rings. The normalized spacial score (nSPS) is 13.7. The van der Waals surface area contributed by atoms with Gasteiger partial charge in [0.05, 0.1) is 6.42 Å². The fraction of sp³-hybridized carbons (Fsp3) is 0.600. The van der Waals surface area contributed by atoms with Crippen molar-refractivity contribution in [1.82, 2.24) is 0 Å². The smallest absolute Gasteiger partial charge is 0.440 e. The number of aldehydes is 1. The minimum Gasteiger partial charge on any atom is -0.440 e. The summed E-state index contributed by atoms with van der Waals surface area (Å²) in [6.07, 6.45) is -6.80. The van der Waals surface area contributed by atoms with Crippen LogP contribution in [-0.4, -0.2) is 24.7 Å². The van der Waals surface area contributed by atoms with E-state index < -0.39 is 24.8 Å². The predicted molar refractivity (Wildman–Crippen MR) is 30.8 cm³/mol. The van der Waals surface area contributed by atoms with Crippen LogP contribution in [0.3, 0.4) is 0 Å². The molecule has 0 amide bonds. The molecule has 0 fully saturated rings. The third kappa shape index (κ3) is 3.91. The summed E-state index contributed by atoms with van der Waals surface area (Å²) in [5.74, 6) is -2.39. The van der Waals surface area contributed by atoms with Gasteiger partial charge in [-0.1, -0.05) is 0 Å². The SMILES string of the molecule is NC(CC=O)OC(=O)C(F)(F)F. The van der Waals surface area contributed by atoms with Crippen LogP contribution in [0.5, 0.6) is 0 Å². The molecule has 0 spiro atoms. The number of hydrogen-bond donors (Lipinski definition) is 1. The van der Waals surface area contributed by atoms with Gasteiger partial charge in [0.15, 0.2) is 6.23 Å². The molecule has 1 atom stereocenters. The zero-order chi connectivity index (χ0) is 9.78. The highest BCUT2D eigenvalue weighted by molar-refractivity contribution is 5.75. The van der Waals surface area contributed by atoms with E-state index in [0.29, 0.717) is 0 Å². The van der Waals surface area contributed by atoms with Crippen molar-refractivity contribution in [2.75, 3.05) is 0 Å². The molecule has 0 aliphatic heterocycles. The fourth-order valence-corrected chi connectivity index (χ4v) is 0.347. The van der Waals surface area contributed by atoms with Crippen molar-refractivity contribution in [1.29, 1.82) is 0 Å². The minimum absolute atomic E-state index is 0.258. The summed E-state index contributed by atoms with van der Waals surface area (Å²) in [5, 5.41) is 0. The topological polar surface area (TPSA) is 69.4 Å². The van der Waals surface area contributed by atoms with Gasteiger partial charge in [-0.05, 0) is 0 Å². The lowest BCUT2D eigenvalue weighted by atomic mass is 10.4. The molecule has 4 nitrogen and oxygen atoms in total. The summed E-state index contributed by atoms with van der Waals surface area (Å²) in [6, 6.07) is 0. The summed E-state index contributed by atoms with van der Waals surface area (Å²) in [6.45, 7) is 0. The second-order valence-electron chi connectivity index (χ2n) is 1.84. The van der Waals surface area contributed by atoms with Crippen molar-refractivity contribution in [3.05, 3.63) is 0 Å². The second-order valence-corrected chi connectivity index (χ2v) is 1.84. The monoisotopic (exact) mass is 185 g/mol. The Balaban J connectivity index is 3.92. The number of alkyl halides is 3. The van der Waals surface area contributed by atoms with E-state index in [9.17, 15) is 22.8 Å². The van der Waals surface area contributed by atoms with E-state index in [1.165, 1.54) is 0 Å². The molecule has 70 valence electrons. The van der Waals surface area contributed by atoms with Crippen molar-refractivity contribution >= 4 is 12.3 Å². The third-order valence-corrected chi connectivity index (χ3v) is 0.818. The van der Waals surface area contributed by atoms with Crippen molar-refractivity contribution < 1.29 is 27.5 Å². The van der Waals surface area contributed by atoms with Crippen LogP contribution in [0, 0.1) is 0 Å². The Labute approximate surface area is 65.5 Å². The molecule has 0 rings (SSSR count). The first-order valence-corrected chi connectivity index (χ1v) is 2.85. The number of carbonyl (C=O) groups is 2. The number of carbonyl (C=O) groups excluding carboxylic acids is 2. The molecule has 0 bridgehead atoms. The maximum atomic E-state index is 11.4. The first kappa shape index (κ1) is 10.9. The highest BCUT2D eigenvalue weighted by Gasteiger charge is 2.41. The number of rotatable bonds is 3. The van der Waals surface area contributed by atoms with Crippen LogP contribution in [0.15, 0.2) is 0 Å². The Hall–Kier alpha value is -1.11. The van der Waals surface area contributed by atoms with Crippen molar-refractivity contribution in [2.45, 2.75) is 18.8 Å². The number of ether oxygens (including phenoxy) is 1. The molecule has 12 heavy (non-hydrogen) atoms. The van der Waals surface area contributed by atoms with E-state index in [4.69, 9.17) is 5.73 Å². The lowest BCUT2D eigenvalue weighted by Gasteiger charge is -2.11. The molecule has 0 aliphatic carbocycles. The van der Waals surface area contributed by atoms with Crippen LogP contribution < -0.4 is 5.73 Å². The van der Waals surface area contributed by atoms with Crippen molar-refractivity contribution in [3.8, 4) is 0 Å². The van der Waals surface area contributed by atoms with E-state index in [1.54, 1.807) is 0 Å². The van der Waals surface area contributed by atoms with Crippen LogP contribution in [0.1, 0.15) is 6.42 Å². The van der Waals surface area contributed by atoms with E-state index in [2.05, 4.69) is 4.74 Å². The van der Waals surface area contributed by atoms with Gasteiger partial charge in [0.25, 0.3) is 0 Å². The lowest BCUT2D eigenvalue weighted by Crippen LogP contribution is -2.34. The largest absolute Gasteiger partial charge is 0.490 e. The van der Waals surface area contributed by atoms with E-state index in [-0.39, 0.29) is 6.29 Å². The van der Waals surface area contributed by atoms with Gasteiger partial charge in [-0.15, -0.1) is 0 Å². The van der Waals surface area contributed by atoms with Crippen molar-refractivity contribution in [2.24, 2.45) is 5.73 Å². The summed E-state index contributed by atoms with van der Waals surface area (Å²) in [7, 11) is 0. The van der Waals surface area contributed by atoms with Crippen molar-refractivity contribution in [3.63, 3.8) is 0 Å². The predicted octanol–water partition coefficient (Wildman–Crippen LogP) is -0.0343. The highest BCUT2D eigenvalue weighted by atomic mass is 19.4. The van der Waals surface area contributed by atoms with Gasteiger partial charge in [-0.2, -0.15) is 13.2 Å². The van der Waals surface area contributed by atoms with Gasteiger partial charge < -0.3 is 9.53 Å². The van der Waals surface area contributed by atoms with Crippen LogP contribution in [0.25, 0.3) is 0 Å². The molecule has 7 heteroatoms. The average Bonchev–Trinajstić information content (AvgIpc) is 1.85. The Bertz CT molecular complexity index is 179. The molecule has 0 aromatic heterocycles. The first-order chi connectivity index (χ1) is 5.38. The number of esters is 1. The van der Waals surface area contributed by atoms with Gasteiger partial charge in [0.2, 0.25) is 0 Å².